The van der Waals surface area contributed by atoms with Gasteiger partial charge in [-0.25, -0.2) is 0 Å². The summed E-state index contributed by atoms with van der Waals surface area (Å²) in [6, 6.07) is 14.8. The van der Waals surface area contributed by atoms with Gasteiger partial charge in [-0.3, -0.25) is 4.79 Å². The van der Waals surface area contributed by atoms with Crippen LogP contribution in [0.1, 0.15) is 29.8 Å². The molecule has 0 unspecified atom stereocenters. The number of amides is 1. The topological polar surface area (TPSA) is 40.5 Å². The van der Waals surface area contributed by atoms with E-state index in [0.717, 1.165) is 10.0 Å². The summed E-state index contributed by atoms with van der Waals surface area (Å²) >= 11 is 3.28. The Kier molecular flexibility index (Phi) is 5.02. The van der Waals surface area contributed by atoms with Crippen molar-refractivity contribution in [2.45, 2.75) is 26.4 Å². The highest BCUT2D eigenvalue weighted by atomic mass is 79.9. The fourth-order valence-electron chi connectivity index (χ4n) is 2.11. The van der Waals surface area contributed by atoms with E-state index in [2.05, 4.69) is 15.9 Å². The van der Waals surface area contributed by atoms with Crippen LogP contribution in [0.25, 0.3) is 0 Å². The second-order valence-electron chi connectivity index (χ2n) is 5.17. The summed E-state index contributed by atoms with van der Waals surface area (Å²) in [7, 11) is 0. The Morgan fingerprint density at radius 2 is 1.86 bits per heavy atom. The molecule has 0 aliphatic rings. The van der Waals surface area contributed by atoms with Gasteiger partial charge >= 0.3 is 0 Å². The molecular formula is C17H18BrNO2. The molecule has 2 aromatic carbocycles. The number of phenols is 1. The highest BCUT2D eigenvalue weighted by molar-refractivity contribution is 9.10. The van der Waals surface area contributed by atoms with E-state index in [1.807, 2.05) is 44.2 Å². The van der Waals surface area contributed by atoms with Gasteiger partial charge in [-0.1, -0.05) is 46.3 Å². The first-order valence-electron chi connectivity index (χ1n) is 6.82. The van der Waals surface area contributed by atoms with Gasteiger partial charge in [0.1, 0.15) is 5.75 Å². The lowest BCUT2D eigenvalue weighted by Crippen LogP contribution is -2.36. The second-order valence-corrected chi connectivity index (χ2v) is 6.09. The highest BCUT2D eigenvalue weighted by Crippen LogP contribution is 2.25. The number of benzene rings is 2. The molecule has 0 saturated heterocycles. The zero-order chi connectivity index (χ0) is 15.4. The minimum atomic E-state index is -0.168. The van der Waals surface area contributed by atoms with Gasteiger partial charge in [-0.2, -0.15) is 0 Å². The quantitative estimate of drug-likeness (QED) is 0.899. The van der Waals surface area contributed by atoms with Crippen LogP contribution in [0, 0.1) is 0 Å². The van der Waals surface area contributed by atoms with Crippen LogP contribution in [0.15, 0.2) is 53.0 Å². The number of nitrogens with zero attached hydrogens (tertiary/aromatic N) is 1. The number of hydrogen-bond acceptors (Lipinski definition) is 2. The molecule has 0 radical (unpaired) electrons. The summed E-state index contributed by atoms with van der Waals surface area (Å²) in [5.74, 6) is -0.174. The van der Waals surface area contributed by atoms with E-state index >= 15 is 0 Å². The average molecular weight is 348 g/mol. The van der Waals surface area contributed by atoms with Gasteiger partial charge in [0.05, 0.1) is 5.56 Å². The Morgan fingerprint density at radius 1 is 1.19 bits per heavy atom. The van der Waals surface area contributed by atoms with Crippen molar-refractivity contribution in [2.75, 3.05) is 0 Å². The summed E-state index contributed by atoms with van der Waals surface area (Å²) in [5, 5.41) is 9.98. The molecule has 4 heteroatoms. The Hall–Kier alpha value is -1.81. The van der Waals surface area contributed by atoms with Crippen LogP contribution in [0.3, 0.4) is 0 Å². The van der Waals surface area contributed by atoms with Crippen molar-refractivity contribution >= 4 is 21.8 Å². The number of carbonyl (C=O) groups is 1. The molecule has 1 amide bonds. The van der Waals surface area contributed by atoms with Crippen molar-refractivity contribution < 1.29 is 9.90 Å². The predicted octanol–water partition coefficient (Wildman–Crippen LogP) is 4.21. The van der Waals surface area contributed by atoms with Crippen molar-refractivity contribution in [2.24, 2.45) is 0 Å². The van der Waals surface area contributed by atoms with Gasteiger partial charge in [0.25, 0.3) is 5.91 Å². The first kappa shape index (κ1) is 15.6. The molecule has 21 heavy (non-hydrogen) atoms. The normalized spacial score (nSPS) is 10.7. The summed E-state index contributed by atoms with van der Waals surface area (Å²) in [6.45, 7) is 4.46. The van der Waals surface area contributed by atoms with E-state index in [0.29, 0.717) is 12.1 Å². The van der Waals surface area contributed by atoms with Crippen molar-refractivity contribution in [1.29, 1.82) is 0 Å². The Morgan fingerprint density at radius 3 is 2.43 bits per heavy atom. The Labute approximate surface area is 133 Å². The molecule has 2 rings (SSSR count). The lowest BCUT2D eigenvalue weighted by molar-refractivity contribution is 0.0687. The molecule has 3 nitrogen and oxygen atoms in total. The molecule has 0 aliphatic heterocycles. The van der Waals surface area contributed by atoms with E-state index in [1.54, 1.807) is 17.0 Å². The number of aromatic hydroxyl groups is 1. The maximum absolute atomic E-state index is 12.7. The molecule has 0 bridgehead atoms. The van der Waals surface area contributed by atoms with Crippen LogP contribution in [-0.4, -0.2) is 22.0 Å². The van der Waals surface area contributed by atoms with Gasteiger partial charge in [-0.15, -0.1) is 0 Å². The highest BCUT2D eigenvalue weighted by Gasteiger charge is 2.21. The zero-order valence-electron chi connectivity index (χ0n) is 12.1. The van der Waals surface area contributed by atoms with Crippen molar-refractivity contribution in [3.63, 3.8) is 0 Å². The average Bonchev–Trinajstić information content (AvgIpc) is 2.45. The molecule has 110 valence electrons. The number of carbonyl (C=O) groups excluding carboxylic acids is 1. The van der Waals surface area contributed by atoms with E-state index in [9.17, 15) is 9.90 Å². The third-order valence-corrected chi connectivity index (χ3v) is 3.76. The van der Waals surface area contributed by atoms with Crippen molar-refractivity contribution in [1.82, 2.24) is 4.90 Å². The lowest BCUT2D eigenvalue weighted by atomic mass is 10.1. The van der Waals surface area contributed by atoms with Crippen molar-refractivity contribution in [3.05, 3.63) is 64.1 Å². The fourth-order valence-corrected chi connectivity index (χ4v) is 2.46. The molecule has 0 aromatic heterocycles. The molecule has 0 saturated carbocycles. The van der Waals surface area contributed by atoms with Crippen LogP contribution in [0.4, 0.5) is 0 Å². The number of halogens is 1. The smallest absolute Gasteiger partial charge is 0.258 e. The molecule has 0 spiro atoms. The van der Waals surface area contributed by atoms with E-state index in [4.69, 9.17) is 0 Å². The predicted molar refractivity (Wildman–Crippen MR) is 87.3 cm³/mol. The molecule has 0 atom stereocenters. The zero-order valence-corrected chi connectivity index (χ0v) is 13.7. The number of rotatable bonds is 4. The fraction of sp³-hybridized carbons (Fsp3) is 0.235. The van der Waals surface area contributed by atoms with Crippen LogP contribution < -0.4 is 0 Å². The molecular weight excluding hydrogens is 330 g/mol. The minimum absolute atomic E-state index is 0.00640. The third-order valence-electron chi connectivity index (χ3n) is 3.27. The summed E-state index contributed by atoms with van der Waals surface area (Å²) < 4.78 is 0.746. The number of phenolic OH excluding ortho intramolecular Hbond substituents is 1. The van der Waals surface area contributed by atoms with Crippen LogP contribution >= 0.6 is 15.9 Å². The first-order valence-corrected chi connectivity index (χ1v) is 7.61. The van der Waals surface area contributed by atoms with E-state index in [1.165, 1.54) is 6.07 Å². The summed E-state index contributed by atoms with van der Waals surface area (Å²) in [5.41, 5.74) is 1.39. The van der Waals surface area contributed by atoms with Crippen molar-refractivity contribution in [3.8, 4) is 5.75 Å². The second kappa shape index (κ2) is 6.76. The molecule has 0 aliphatic carbocycles. The summed E-state index contributed by atoms with van der Waals surface area (Å²) in [4.78, 5) is 14.4. The van der Waals surface area contributed by atoms with Gasteiger partial charge in [-0.05, 0) is 37.6 Å². The monoisotopic (exact) mass is 347 g/mol. The van der Waals surface area contributed by atoms with Gasteiger partial charge in [0.15, 0.2) is 0 Å². The largest absolute Gasteiger partial charge is 0.507 e. The first-order chi connectivity index (χ1) is 9.99. The van der Waals surface area contributed by atoms with Gasteiger partial charge in [0, 0.05) is 17.1 Å². The maximum Gasteiger partial charge on any atom is 0.258 e. The van der Waals surface area contributed by atoms with Gasteiger partial charge in [0.2, 0.25) is 0 Å². The SMILES string of the molecule is CC(C)N(Cc1ccccc1)C(=O)c1ccc(Br)cc1O. The lowest BCUT2D eigenvalue weighted by Gasteiger charge is -2.27. The maximum atomic E-state index is 12.7. The standard InChI is InChI=1S/C17H18BrNO2/c1-12(2)19(11-13-6-4-3-5-7-13)17(21)15-9-8-14(18)10-16(15)20/h3-10,12,20H,11H2,1-2H3. The van der Waals surface area contributed by atoms with Crippen LogP contribution in [0.2, 0.25) is 0 Å². The minimum Gasteiger partial charge on any atom is -0.507 e. The molecule has 2 aromatic rings. The molecule has 0 fully saturated rings. The third kappa shape index (κ3) is 3.85. The van der Waals surface area contributed by atoms with Crippen LogP contribution in [0.5, 0.6) is 5.75 Å². The van der Waals surface area contributed by atoms with Crippen LogP contribution in [-0.2, 0) is 6.54 Å². The number of hydrogen-bond donors (Lipinski definition) is 1. The Bertz CT molecular complexity index is 626. The summed E-state index contributed by atoms with van der Waals surface area (Å²) in [6.07, 6.45) is 0. The molecule has 1 N–H and O–H groups in total. The van der Waals surface area contributed by atoms with E-state index < -0.39 is 0 Å². The van der Waals surface area contributed by atoms with Gasteiger partial charge < -0.3 is 10.0 Å². The molecule has 0 heterocycles. The van der Waals surface area contributed by atoms with E-state index in [-0.39, 0.29) is 17.7 Å². The Balaban J connectivity index is 2.27.